The number of hydrogen-bond donors (Lipinski definition) is 0. The summed E-state index contributed by atoms with van der Waals surface area (Å²) in [6.45, 7) is 6.60. The Morgan fingerprint density at radius 1 is 0.902 bits per heavy atom. The average molecular weight is 663 g/mol. The highest BCUT2D eigenvalue weighted by molar-refractivity contribution is 9.10. The second-order valence-corrected chi connectivity index (χ2v) is 14.5. The van der Waals surface area contributed by atoms with Crippen molar-refractivity contribution in [2.45, 2.75) is 62.8 Å². The van der Waals surface area contributed by atoms with E-state index in [-0.39, 0.29) is 42.8 Å². The maximum Gasteiger partial charge on any atom is 0.308 e. The van der Waals surface area contributed by atoms with Gasteiger partial charge in [0.25, 0.3) is 10.0 Å². The summed E-state index contributed by atoms with van der Waals surface area (Å²) in [5.41, 5.74) is 2.26. The van der Waals surface area contributed by atoms with Crippen LogP contribution in [0.15, 0.2) is 79.8 Å². The number of methoxy groups -OCH3 is 1. The number of nitrogens with zero attached hydrogens (tertiary/aromatic N) is 1. The van der Waals surface area contributed by atoms with Crippen LogP contribution in [0.3, 0.4) is 0 Å². The highest BCUT2D eigenvalue weighted by atomic mass is 79.9. The van der Waals surface area contributed by atoms with Crippen LogP contribution < -0.4 is 13.8 Å². The van der Waals surface area contributed by atoms with Crippen molar-refractivity contribution in [2.24, 2.45) is 0 Å². The third kappa shape index (κ3) is 5.93. The fourth-order valence-corrected chi connectivity index (χ4v) is 9.08. The molecule has 1 unspecified atom stereocenters. The van der Waals surface area contributed by atoms with Crippen molar-refractivity contribution in [1.29, 1.82) is 0 Å². The summed E-state index contributed by atoms with van der Waals surface area (Å²) in [6.07, 6.45) is 2.64. The van der Waals surface area contributed by atoms with Crippen molar-refractivity contribution < 1.29 is 31.1 Å². The van der Waals surface area contributed by atoms with E-state index in [0.29, 0.717) is 24.0 Å². The lowest BCUT2D eigenvalue weighted by Crippen LogP contribution is -2.41. The van der Waals surface area contributed by atoms with Crippen molar-refractivity contribution >= 4 is 47.4 Å². The van der Waals surface area contributed by atoms with Gasteiger partial charge in [-0.15, -0.1) is 0 Å². The predicted molar refractivity (Wildman–Crippen MR) is 162 cm³/mol. The number of aryl methyl sites for hydroxylation is 1. The SMILES string of the molecule is COc1c(C)c(C)c(N(C2C=C(S(=O)(=O)c3ccccc3)CCC2)S(=O)(=O)c2ccc(C)cc2)c(Br)c1OC(C)=O. The third-order valence-corrected chi connectivity index (χ3v) is 11.6. The smallest absolute Gasteiger partial charge is 0.308 e. The van der Waals surface area contributed by atoms with E-state index < -0.39 is 31.9 Å². The first-order chi connectivity index (χ1) is 19.3. The molecule has 0 saturated heterocycles. The second kappa shape index (κ2) is 12.0. The van der Waals surface area contributed by atoms with Gasteiger partial charge in [0.1, 0.15) is 0 Å². The van der Waals surface area contributed by atoms with Gasteiger partial charge in [-0.2, -0.15) is 0 Å². The lowest BCUT2D eigenvalue weighted by Gasteiger charge is -2.36. The van der Waals surface area contributed by atoms with Crippen LogP contribution in [0.1, 0.15) is 42.9 Å². The van der Waals surface area contributed by atoms with Crippen LogP contribution in [-0.2, 0) is 24.7 Å². The number of carbonyl (C=O) groups excluding carboxylic acids is 1. The number of halogens is 1. The molecule has 1 atom stereocenters. The van der Waals surface area contributed by atoms with Gasteiger partial charge in [0, 0.05) is 17.4 Å². The summed E-state index contributed by atoms with van der Waals surface area (Å²) in [7, 11) is -6.66. The predicted octanol–water partition coefficient (Wildman–Crippen LogP) is 6.41. The van der Waals surface area contributed by atoms with Crippen molar-refractivity contribution in [3.8, 4) is 11.5 Å². The zero-order chi connectivity index (χ0) is 30.1. The van der Waals surface area contributed by atoms with Crippen LogP contribution in [0, 0.1) is 20.8 Å². The van der Waals surface area contributed by atoms with Gasteiger partial charge in [-0.05, 0) is 91.9 Å². The first-order valence-electron chi connectivity index (χ1n) is 13.0. The van der Waals surface area contributed by atoms with E-state index >= 15 is 0 Å². The Morgan fingerprint density at radius 2 is 1.54 bits per heavy atom. The van der Waals surface area contributed by atoms with Crippen LogP contribution in [0.4, 0.5) is 5.69 Å². The molecule has 1 aliphatic rings. The second-order valence-electron chi connectivity index (χ2n) is 9.89. The number of carbonyl (C=O) groups is 1. The minimum atomic E-state index is -4.25. The molecule has 0 fully saturated rings. The molecule has 0 spiro atoms. The zero-order valence-electron chi connectivity index (χ0n) is 23.5. The Bertz CT molecular complexity index is 1720. The van der Waals surface area contributed by atoms with Crippen LogP contribution >= 0.6 is 15.9 Å². The van der Waals surface area contributed by atoms with Crippen LogP contribution in [0.2, 0.25) is 0 Å². The molecule has 4 rings (SSSR count). The number of hydrogen-bond acceptors (Lipinski definition) is 7. The van der Waals surface area contributed by atoms with Crippen LogP contribution in [0.25, 0.3) is 0 Å². The Kier molecular flexibility index (Phi) is 9.01. The summed E-state index contributed by atoms with van der Waals surface area (Å²) in [4.78, 5) is 12.4. The van der Waals surface area contributed by atoms with E-state index in [1.807, 2.05) is 6.92 Å². The standard InChI is InChI=1S/C30H32BrNO7S2/c1-19-14-16-25(17-15-19)41(36,37)32(28-20(2)21(3)29(38-5)30(27(28)31)39-22(4)33)23-10-9-13-26(18-23)40(34,35)24-11-7-6-8-12-24/h6-8,11-12,14-18,23H,9-10,13H2,1-5H3. The molecule has 0 aliphatic heterocycles. The summed E-state index contributed by atoms with van der Waals surface area (Å²) >= 11 is 3.52. The van der Waals surface area contributed by atoms with E-state index in [9.17, 15) is 21.6 Å². The number of esters is 1. The van der Waals surface area contributed by atoms with E-state index in [1.165, 1.54) is 48.7 Å². The van der Waals surface area contributed by atoms with Gasteiger partial charge in [-0.3, -0.25) is 9.10 Å². The molecule has 218 valence electrons. The summed E-state index contributed by atoms with van der Waals surface area (Å²) in [5, 5.41) is 0. The van der Waals surface area contributed by atoms with Gasteiger partial charge >= 0.3 is 5.97 Å². The van der Waals surface area contributed by atoms with Crippen molar-refractivity contribution in [1.82, 2.24) is 0 Å². The zero-order valence-corrected chi connectivity index (χ0v) is 26.7. The number of sulfonamides is 1. The molecular formula is C30H32BrNO7S2. The first kappa shape index (κ1) is 30.8. The summed E-state index contributed by atoms with van der Waals surface area (Å²) in [6, 6.07) is 13.7. The number of ether oxygens (including phenoxy) is 2. The third-order valence-electron chi connectivity index (χ3n) is 7.12. The minimum absolute atomic E-state index is 0.0409. The lowest BCUT2D eigenvalue weighted by molar-refractivity contribution is -0.132. The van der Waals surface area contributed by atoms with Gasteiger partial charge in [0.05, 0.1) is 33.1 Å². The van der Waals surface area contributed by atoms with Crippen LogP contribution in [-0.4, -0.2) is 36.0 Å². The van der Waals surface area contributed by atoms with Crippen molar-refractivity contribution in [3.63, 3.8) is 0 Å². The fourth-order valence-electron chi connectivity index (χ4n) is 4.95. The fraction of sp³-hybridized carbons (Fsp3) is 0.300. The Morgan fingerprint density at radius 3 is 2.12 bits per heavy atom. The van der Waals surface area contributed by atoms with Crippen molar-refractivity contribution in [3.05, 3.63) is 86.7 Å². The molecule has 0 saturated carbocycles. The molecule has 0 aromatic heterocycles. The molecule has 3 aromatic rings. The van der Waals surface area contributed by atoms with Gasteiger partial charge in [0.2, 0.25) is 9.84 Å². The number of anilines is 1. The number of sulfone groups is 1. The largest absolute Gasteiger partial charge is 0.493 e. The van der Waals surface area contributed by atoms with E-state index in [4.69, 9.17) is 9.47 Å². The van der Waals surface area contributed by atoms with Crippen LogP contribution in [0.5, 0.6) is 11.5 Å². The van der Waals surface area contributed by atoms with Gasteiger partial charge in [-0.25, -0.2) is 16.8 Å². The molecule has 0 N–H and O–H groups in total. The minimum Gasteiger partial charge on any atom is -0.493 e. The molecule has 0 heterocycles. The van der Waals surface area contributed by atoms with Crippen molar-refractivity contribution in [2.75, 3.05) is 11.4 Å². The monoisotopic (exact) mass is 661 g/mol. The number of benzene rings is 3. The lowest BCUT2D eigenvalue weighted by atomic mass is 10.00. The quantitative estimate of drug-likeness (QED) is 0.203. The molecular weight excluding hydrogens is 630 g/mol. The highest BCUT2D eigenvalue weighted by Gasteiger charge is 2.38. The Hall–Kier alpha value is -3.15. The maximum atomic E-state index is 14.5. The Labute approximate surface area is 250 Å². The first-order valence-corrected chi connectivity index (χ1v) is 16.7. The normalized spacial score (nSPS) is 15.7. The van der Waals surface area contributed by atoms with Gasteiger partial charge in [0.15, 0.2) is 11.5 Å². The molecule has 41 heavy (non-hydrogen) atoms. The van der Waals surface area contributed by atoms with Gasteiger partial charge in [-0.1, -0.05) is 35.9 Å². The molecule has 0 radical (unpaired) electrons. The molecule has 0 bridgehead atoms. The average Bonchev–Trinajstić information content (AvgIpc) is 2.94. The Balaban J connectivity index is 2.02. The highest BCUT2D eigenvalue weighted by Crippen LogP contribution is 2.50. The summed E-state index contributed by atoms with van der Waals surface area (Å²) in [5.74, 6) is -0.286. The van der Waals surface area contributed by atoms with E-state index in [1.54, 1.807) is 44.2 Å². The maximum absolute atomic E-state index is 14.5. The molecule has 0 amide bonds. The summed E-state index contributed by atoms with van der Waals surface area (Å²) < 4.78 is 68.6. The van der Waals surface area contributed by atoms with E-state index in [0.717, 1.165) is 5.56 Å². The molecule has 3 aromatic carbocycles. The topological polar surface area (TPSA) is 107 Å². The molecule has 1 aliphatic carbocycles. The number of allylic oxidation sites excluding steroid dienone is 1. The van der Waals surface area contributed by atoms with E-state index in [2.05, 4.69) is 15.9 Å². The molecule has 8 nitrogen and oxygen atoms in total. The van der Waals surface area contributed by atoms with Gasteiger partial charge < -0.3 is 9.47 Å². The molecule has 11 heteroatoms. The number of rotatable bonds is 8.